The van der Waals surface area contributed by atoms with Crippen LogP contribution in [0.25, 0.3) is 10.6 Å². The normalized spacial score (nSPS) is 11.7. The van der Waals surface area contributed by atoms with E-state index in [1.807, 2.05) is 17.5 Å². The maximum absolute atomic E-state index is 14.6. The molecule has 1 unspecified atom stereocenters. The van der Waals surface area contributed by atoms with Crippen molar-refractivity contribution in [1.29, 1.82) is 0 Å². The minimum Gasteiger partial charge on any atom is -0.497 e. The highest BCUT2D eigenvalue weighted by Crippen LogP contribution is 2.32. The zero-order valence-electron chi connectivity index (χ0n) is 19.6. The number of thiazole rings is 1. The van der Waals surface area contributed by atoms with Crippen molar-refractivity contribution in [3.8, 4) is 27.8 Å². The lowest BCUT2D eigenvalue weighted by atomic mass is 10.1. The molecule has 1 heterocycles. The molecule has 0 fully saturated rings. The van der Waals surface area contributed by atoms with Gasteiger partial charge in [-0.1, -0.05) is 6.07 Å². The SMILES string of the molecule is CCOC(=O)C(Cc1ccc(OCc2csc(-c3cc(OC)cc(OC)c3)n2)c(F)c1)OCC. The largest absolute Gasteiger partial charge is 0.497 e. The van der Waals surface area contributed by atoms with Crippen LogP contribution in [-0.4, -0.2) is 44.5 Å². The second-order valence-electron chi connectivity index (χ2n) is 7.20. The van der Waals surface area contributed by atoms with Crippen molar-refractivity contribution in [1.82, 2.24) is 4.98 Å². The maximum Gasteiger partial charge on any atom is 0.335 e. The highest BCUT2D eigenvalue weighted by molar-refractivity contribution is 7.13. The van der Waals surface area contributed by atoms with Gasteiger partial charge in [0, 0.05) is 30.0 Å². The van der Waals surface area contributed by atoms with Crippen LogP contribution in [0.15, 0.2) is 41.8 Å². The van der Waals surface area contributed by atoms with Crippen LogP contribution in [0.2, 0.25) is 0 Å². The molecular formula is C25H28FNO6S. The molecule has 2 aromatic carbocycles. The Hall–Kier alpha value is -3.17. The van der Waals surface area contributed by atoms with Crippen molar-refractivity contribution in [3.63, 3.8) is 0 Å². The van der Waals surface area contributed by atoms with Gasteiger partial charge in [0.05, 0.1) is 26.5 Å². The number of carbonyl (C=O) groups is 1. The summed E-state index contributed by atoms with van der Waals surface area (Å²) < 4.78 is 41.4. The van der Waals surface area contributed by atoms with Gasteiger partial charge in [-0.2, -0.15) is 0 Å². The lowest BCUT2D eigenvalue weighted by molar-refractivity contribution is -0.156. The lowest BCUT2D eigenvalue weighted by Crippen LogP contribution is -2.29. The summed E-state index contributed by atoms with van der Waals surface area (Å²) in [5.41, 5.74) is 2.14. The number of carbonyl (C=O) groups excluding carboxylic acids is 1. The first-order valence-electron chi connectivity index (χ1n) is 10.8. The molecule has 0 radical (unpaired) electrons. The predicted octanol–water partition coefficient (Wildman–Crippen LogP) is 5.06. The molecule has 9 heteroatoms. The number of hydrogen-bond donors (Lipinski definition) is 0. The van der Waals surface area contributed by atoms with Gasteiger partial charge in [-0.25, -0.2) is 14.2 Å². The van der Waals surface area contributed by atoms with E-state index >= 15 is 0 Å². The number of nitrogens with zero attached hydrogens (tertiary/aromatic N) is 1. The monoisotopic (exact) mass is 489 g/mol. The van der Waals surface area contributed by atoms with Crippen molar-refractivity contribution >= 4 is 17.3 Å². The van der Waals surface area contributed by atoms with Gasteiger partial charge < -0.3 is 23.7 Å². The van der Waals surface area contributed by atoms with E-state index in [0.717, 1.165) is 10.6 Å². The van der Waals surface area contributed by atoms with Crippen LogP contribution in [0.3, 0.4) is 0 Å². The van der Waals surface area contributed by atoms with Crippen molar-refractivity contribution < 1.29 is 32.9 Å². The summed E-state index contributed by atoms with van der Waals surface area (Å²) in [5, 5.41) is 2.63. The average Bonchev–Trinajstić information content (AvgIpc) is 3.32. The quantitative estimate of drug-likeness (QED) is 0.329. The first kappa shape index (κ1) is 25.5. The first-order valence-corrected chi connectivity index (χ1v) is 11.7. The summed E-state index contributed by atoms with van der Waals surface area (Å²) >= 11 is 1.45. The van der Waals surface area contributed by atoms with Gasteiger partial charge in [0.2, 0.25) is 0 Å². The van der Waals surface area contributed by atoms with E-state index in [9.17, 15) is 9.18 Å². The van der Waals surface area contributed by atoms with E-state index in [0.29, 0.717) is 29.4 Å². The standard InChI is InChI=1S/C25H28FNO6S/c1-5-31-23(25(28)32-6-2)10-16-7-8-22(21(26)9-16)33-14-18-15-34-24(27-18)17-11-19(29-3)13-20(12-17)30-4/h7-9,11-13,15,23H,5-6,10,14H2,1-4H3. The summed E-state index contributed by atoms with van der Waals surface area (Å²) in [6.07, 6.45) is -0.566. The van der Waals surface area contributed by atoms with Crippen LogP contribution in [0, 0.1) is 5.82 Å². The zero-order valence-corrected chi connectivity index (χ0v) is 20.4. The number of esters is 1. The fourth-order valence-electron chi connectivity index (χ4n) is 3.24. The number of rotatable bonds is 12. The van der Waals surface area contributed by atoms with Crippen molar-refractivity contribution in [2.45, 2.75) is 33.0 Å². The van der Waals surface area contributed by atoms with Gasteiger partial charge in [-0.05, 0) is 43.7 Å². The number of halogens is 1. The third-order valence-corrected chi connectivity index (χ3v) is 5.80. The van der Waals surface area contributed by atoms with Gasteiger partial charge in [-0.15, -0.1) is 11.3 Å². The number of ether oxygens (including phenoxy) is 5. The summed E-state index contributed by atoms with van der Waals surface area (Å²) in [5.74, 6) is 0.450. The Kier molecular flexibility index (Phi) is 9.24. The highest BCUT2D eigenvalue weighted by Gasteiger charge is 2.21. The van der Waals surface area contributed by atoms with E-state index < -0.39 is 17.9 Å². The molecule has 1 aromatic heterocycles. The molecule has 0 aliphatic heterocycles. The van der Waals surface area contributed by atoms with Gasteiger partial charge in [0.1, 0.15) is 23.1 Å². The number of aromatic nitrogens is 1. The van der Waals surface area contributed by atoms with Crippen LogP contribution in [0.5, 0.6) is 17.2 Å². The van der Waals surface area contributed by atoms with Crippen LogP contribution in [0.4, 0.5) is 4.39 Å². The molecule has 0 spiro atoms. The van der Waals surface area contributed by atoms with Crippen LogP contribution < -0.4 is 14.2 Å². The van der Waals surface area contributed by atoms with Gasteiger partial charge in [0.25, 0.3) is 0 Å². The van der Waals surface area contributed by atoms with Gasteiger partial charge in [-0.3, -0.25) is 0 Å². The van der Waals surface area contributed by atoms with E-state index in [4.69, 9.17) is 23.7 Å². The van der Waals surface area contributed by atoms with E-state index in [2.05, 4.69) is 4.98 Å². The fourth-order valence-corrected chi connectivity index (χ4v) is 4.03. The molecule has 182 valence electrons. The molecule has 0 saturated carbocycles. The first-order chi connectivity index (χ1) is 16.5. The van der Waals surface area contributed by atoms with Crippen molar-refractivity contribution in [3.05, 3.63) is 58.9 Å². The highest BCUT2D eigenvalue weighted by atomic mass is 32.1. The molecule has 0 bridgehead atoms. The third kappa shape index (κ3) is 6.68. The zero-order chi connectivity index (χ0) is 24.5. The number of benzene rings is 2. The van der Waals surface area contributed by atoms with E-state index in [-0.39, 0.29) is 25.4 Å². The van der Waals surface area contributed by atoms with Gasteiger partial charge >= 0.3 is 5.97 Å². The molecule has 0 saturated heterocycles. The molecule has 1 atom stereocenters. The maximum atomic E-state index is 14.6. The minimum absolute atomic E-state index is 0.102. The smallest absolute Gasteiger partial charge is 0.335 e. The van der Waals surface area contributed by atoms with E-state index in [1.165, 1.54) is 17.4 Å². The van der Waals surface area contributed by atoms with Crippen LogP contribution in [0.1, 0.15) is 25.1 Å². The predicted molar refractivity (Wildman–Crippen MR) is 127 cm³/mol. The van der Waals surface area contributed by atoms with Gasteiger partial charge in [0.15, 0.2) is 17.7 Å². The Morgan fingerprint density at radius 3 is 2.41 bits per heavy atom. The van der Waals surface area contributed by atoms with Crippen molar-refractivity contribution in [2.75, 3.05) is 27.4 Å². The summed E-state index contributed by atoms with van der Waals surface area (Å²) in [4.78, 5) is 16.6. The Morgan fingerprint density at radius 2 is 1.79 bits per heavy atom. The molecule has 0 N–H and O–H groups in total. The second-order valence-corrected chi connectivity index (χ2v) is 8.06. The molecule has 3 rings (SSSR count). The Morgan fingerprint density at radius 1 is 1.06 bits per heavy atom. The van der Waals surface area contributed by atoms with Crippen LogP contribution in [-0.2, 0) is 27.3 Å². The fraction of sp³-hybridized carbons (Fsp3) is 0.360. The topological polar surface area (TPSA) is 76.1 Å². The molecule has 0 aliphatic rings. The summed E-state index contributed by atoms with van der Waals surface area (Å²) in [6.45, 7) is 4.24. The molecular weight excluding hydrogens is 461 g/mol. The molecule has 3 aromatic rings. The number of hydrogen-bond acceptors (Lipinski definition) is 8. The van der Waals surface area contributed by atoms with Crippen molar-refractivity contribution in [2.24, 2.45) is 0 Å². The minimum atomic E-state index is -0.778. The molecule has 0 aliphatic carbocycles. The third-order valence-electron chi connectivity index (χ3n) is 4.86. The Bertz CT molecular complexity index is 1080. The summed E-state index contributed by atoms with van der Waals surface area (Å²) in [7, 11) is 3.18. The molecule has 7 nitrogen and oxygen atoms in total. The Balaban J connectivity index is 1.65. The summed E-state index contributed by atoms with van der Waals surface area (Å²) in [6, 6.07) is 10.1. The van der Waals surface area contributed by atoms with Crippen LogP contribution >= 0.6 is 11.3 Å². The molecule has 0 amide bonds. The van der Waals surface area contributed by atoms with E-state index in [1.54, 1.807) is 46.3 Å². The Labute approximate surface area is 202 Å². The lowest BCUT2D eigenvalue weighted by Gasteiger charge is -2.16. The number of methoxy groups -OCH3 is 2. The second kappa shape index (κ2) is 12.3. The average molecular weight is 490 g/mol. The molecule has 34 heavy (non-hydrogen) atoms.